The first kappa shape index (κ1) is 34.7. The monoisotopic (exact) mass is 164 g/mol. The van der Waals surface area contributed by atoms with Gasteiger partial charge in [-0.2, -0.15) is 8.42 Å². The second kappa shape index (κ2) is 11.1. The van der Waals surface area contributed by atoms with E-state index in [0.717, 1.165) is 0 Å². The fourth-order valence-corrected chi connectivity index (χ4v) is 0. The molecular formula is CH8F3LiO3S. The first-order chi connectivity index (χ1) is 2.00. The Morgan fingerprint density at radius 1 is 1.11 bits per heavy atom. The van der Waals surface area contributed by atoms with Crippen LogP contribution in [0.25, 0.3) is 0 Å². The molecule has 0 unspecified atom stereocenters. The quantitative estimate of drug-likeness (QED) is 0.381. The molecule has 0 aliphatic carbocycles. The van der Waals surface area contributed by atoms with E-state index in [0.29, 0.717) is 6.26 Å². The van der Waals surface area contributed by atoms with Crippen LogP contribution in [0.4, 0.5) is 14.1 Å². The standard InChI is InChI=1S/CH4O3S.3FH.Li.H/c1-5(2,3)4;;;;;/h1H3,(H,2,3,4);3*1H;;. The van der Waals surface area contributed by atoms with E-state index in [4.69, 9.17) is 4.55 Å². The van der Waals surface area contributed by atoms with Crippen LogP contribution in [0.5, 0.6) is 0 Å². The molecule has 0 aliphatic heterocycles. The van der Waals surface area contributed by atoms with Gasteiger partial charge in [0.05, 0.1) is 6.26 Å². The molecule has 0 saturated carbocycles. The molecule has 0 radical (unpaired) electrons. The molecular weight excluding hydrogens is 156 g/mol. The van der Waals surface area contributed by atoms with E-state index in [9.17, 15) is 8.42 Å². The number of rotatable bonds is 0. The summed E-state index contributed by atoms with van der Waals surface area (Å²) in [6.45, 7) is 0. The summed E-state index contributed by atoms with van der Waals surface area (Å²) >= 11 is 0. The fraction of sp³-hybridized carbons (Fsp3) is 1.00. The molecule has 0 bridgehead atoms. The van der Waals surface area contributed by atoms with Gasteiger partial charge in [0.25, 0.3) is 10.1 Å². The van der Waals surface area contributed by atoms with E-state index in [2.05, 4.69) is 0 Å². The van der Waals surface area contributed by atoms with E-state index in [1.807, 2.05) is 0 Å². The van der Waals surface area contributed by atoms with Crippen molar-refractivity contribution in [3.05, 3.63) is 0 Å². The Labute approximate surface area is 62.9 Å². The predicted molar refractivity (Wildman–Crippen MR) is 32.1 cm³/mol. The van der Waals surface area contributed by atoms with Gasteiger partial charge in [-0.25, -0.2) is 0 Å². The molecule has 0 rings (SSSR count). The van der Waals surface area contributed by atoms with Crippen LogP contribution in [0, 0.1) is 0 Å². The van der Waals surface area contributed by atoms with Crippen molar-refractivity contribution >= 4 is 29.0 Å². The van der Waals surface area contributed by atoms with Crippen LogP contribution in [0.1, 0.15) is 0 Å². The average Bonchev–Trinajstić information content (AvgIpc) is 0.722. The Morgan fingerprint density at radius 2 is 1.11 bits per heavy atom. The van der Waals surface area contributed by atoms with Crippen molar-refractivity contribution in [3.63, 3.8) is 0 Å². The fourth-order valence-electron chi connectivity index (χ4n) is 0. The maximum absolute atomic E-state index is 9.19. The van der Waals surface area contributed by atoms with Crippen LogP contribution in [0.2, 0.25) is 0 Å². The molecule has 1 N–H and O–H groups in total. The van der Waals surface area contributed by atoms with Gasteiger partial charge in [0.15, 0.2) is 0 Å². The second-order valence-electron chi connectivity index (χ2n) is 0.733. The molecule has 0 heterocycles. The van der Waals surface area contributed by atoms with Crippen molar-refractivity contribution < 1.29 is 27.1 Å². The van der Waals surface area contributed by atoms with Crippen LogP contribution in [0.3, 0.4) is 0 Å². The predicted octanol–water partition coefficient (Wildman–Crippen LogP) is -0.687. The zero-order valence-electron chi connectivity index (χ0n) is 3.90. The minimum absolute atomic E-state index is 0. The first-order valence-corrected chi connectivity index (χ1v) is 2.77. The van der Waals surface area contributed by atoms with Gasteiger partial charge in [-0.05, 0) is 0 Å². The van der Waals surface area contributed by atoms with Crippen molar-refractivity contribution in [2.45, 2.75) is 0 Å². The second-order valence-corrected chi connectivity index (χ2v) is 2.20. The molecule has 0 aromatic carbocycles. The number of halogens is 3. The third-order valence-corrected chi connectivity index (χ3v) is 0. The summed E-state index contributed by atoms with van der Waals surface area (Å²) in [6.07, 6.45) is 0.715. The summed E-state index contributed by atoms with van der Waals surface area (Å²) in [7, 11) is -3.67. The average molecular weight is 164 g/mol. The van der Waals surface area contributed by atoms with Crippen LogP contribution < -0.4 is 0 Å². The number of hydrogen-bond donors (Lipinski definition) is 1. The van der Waals surface area contributed by atoms with Crippen LogP contribution in [0.15, 0.2) is 0 Å². The van der Waals surface area contributed by atoms with Crippen LogP contribution >= 0.6 is 0 Å². The number of hydrogen-bond acceptors (Lipinski definition) is 2. The molecule has 0 aliphatic rings. The zero-order valence-corrected chi connectivity index (χ0v) is 4.71. The van der Waals surface area contributed by atoms with Crippen LogP contribution in [-0.2, 0) is 10.1 Å². The summed E-state index contributed by atoms with van der Waals surface area (Å²) in [5.41, 5.74) is 0. The zero-order chi connectivity index (χ0) is 4.50. The molecule has 0 saturated heterocycles. The summed E-state index contributed by atoms with van der Waals surface area (Å²) in [5, 5.41) is 0. The topological polar surface area (TPSA) is 54.4 Å². The van der Waals surface area contributed by atoms with Gasteiger partial charge in [0.2, 0.25) is 0 Å². The van der Waals surface area contributed by atoms with Crippen molar-refractivity contribution in [3.8, 4) is 0 Å². The normalized spacial score (nSPS) is 6.44. The molecule has 0 spiro atoms. The Bertz CT molecular complexity index is 102. The Morgan fingerprint density at radius 3 is 1.11 bits per heavy atom. The third-order valence-electron chi connectivity index (χ3n) is 0. The minimum atomic E-state index is -3.67. The van der Waals surface area contributed by atoms with Gasteiger partial charge in [-0.15, -0.1) is 0 Å². The Hall–Kier alpha value is 0.297. The van der Waals surface area contributed by atoms with Crippen LogP contribution in [-0.4, -0.2) is 38.1 Å². The molecule has 0 amide bonds. The molecule has 9 heavy (non-hydrogen) atoms. The van der Waals surface area contributed by atoms with Crippen molar-refractivity contribution in [1.82, 2.24) is 0 Å². The van der Waals surface area contributed by atoms with Crippen molar-refractivity contribution in [2.75, 3.05) is 6.26 Å². The Balaban J connectivity index is -0.0000000133. The van der Waals surface area contributed by atoms with Gasteiger partial charge in [0.1, 0.15) is 0 Å². The van der Waals surface area contributed by atoms with Crippen molar-refractivity contribution in [1.29, 1.82) is 0 Å². The molecule has 58 valence electrons. The first-order valence-electron chi connectivity index (χ1n) is 0.924. The molecule has 3 nitrogen and oxygen atoms in total. The van der Waals surface area contributed by atoms with E-state index in [1.165, 1.54) is 0 Å². The van der Waals surface area contributed by atoms with E-state index >= 15 is 0 Å². The molecule has 0 aromatic rings. The van der Waals surface area contributed by atoms with Gasteiger partial charge in [-0.1, -0.05) is 0 Å². The van der Waals surface area contributed by atoms with Gasteiger partial charge < -0.3 is 0 Å². The molecule has 8 heteroatoms. The van der Waals surface area contributed by atoms with Gasteiger partial charge >= 0.3 is 18.9 Å². The third kappa shape index (κ3) is 3720. The van der Waals surface area contributed by atoms with Gasteiger partial charge in [-0.3, -0.25) is 18.7 Å². The van der Waals surface area contributed by atoms with E-state index in [-0.39, 0.29) is 33.0 Å². The van der Waals surface area contributed by atoms with Crippen molar-refractivity contribution in [2.24, 2.45) is 0 Å². The van der Waals surface area contributed by atoms with E-state index in [1.54, 1.807) is 0 Å². The molecule has 0 fully saturated rings. The SMILES string of the molecule is CS(=O)(=O)O.F.F.F.[LiH]. The summed E-state index contributed by atoms with van der Waals surface area (Å²) in [4.78, 5) is 0. The molecule has 0 aromatic heterocycles. The molecule has 0 atom stereocenters. The van der Waals surface area contributed by atoms with E-state index < -0.39 is 10.1 Å². The Kier molecular flexibility index (Phi) is 42.9. The summed E-state index contributed by atoms with van der Waals surface area (Å²) in [6, 6.07) is 0. The van der Waals surface area contributed by atoms with Gasteiger partial charge in [0, 0.05) is 0 Å². The summed E-state index contributed by atoms with van der Waals surface area (Å²) < 4.78 is 25.9. The summed E-state index contributed by atoms with van der Waals surface area (Å²) in [5.74, 6) is 0. The maximum atomic E-state index is 9.19.